The lowest BCUT2D eigenvalue weighted by Gasteiger charge is -2.16. The molecule has 8 heteroatoms. The topological polar surface area (TPSA) is 64.7 Å². The largest absolute Gasteiger partial charge is 0.492 e. The number of aliphatic imine (C=N–C) groups is 1. The molecule has 0 saturated carbocycles. The molecule has 0 amide bonds. The summed E-state index contributed by atoms with van der Waals surface area (Å²) in [5, 5.41) is 7.57. The number of para-hydroxylation sites is 1. The van der Waals surface area contributed by atoms with E-state index in [1.165, 1.54) is 6.07 Å². The highest BCUT2D eigenvalue weighted by atomic mass is 127. The van der Waals surface area contributed by atoms with Gasteiger partial charge in [-0.05, 0) is 50.3 Å². The molecule has 0 aliphatic carbocycles. The molecule has 1 aromatic heterocycles. The predicted octanol–water partition coefficient (Wildman–Crippen LogP) is 3.77. The zero-order chi connectivity index (χ0) is 21.3. The van der Waals surface area contributed by atoms with E-state index in [-0.39, 0.29) is 29.8 Å². The van der Waals surface area contributed by atoms with Gasteiger partial charge >= 0.3 is 0 Å². The van der Waals surface area contributed by atoms with Gasteiger partial charge in [-0.3, -0.25) is 4.99 Å². The van der Waals surface area contributed by atoms with Crippen molar-refractivity contribution in [2.45, 2.75) is 13.0 Å². The number of nitrogens with one attached hydrogen (secondary N) is 3. The van der Waals surface area contributed by atoms with E-state index in [9.17, 15) is 4.39 Å². The molecule has 1 heterocycles. The lowest BCUT2D eigenvalue weighted by Crippen LogP contribution is -2.37. The molecule has 31 heavy (non-hydrogen) atoms. The fourth-order valence-corrected chi connectivity index (χ4v) is 3.20. The second kappa shape index (κ2) is 12.5. The molecule has 0 saturated heterocycles. The molecular weight excluding hydrogens is 508 g/mol. The first-order chi connectivity index (χ1) is 14.6. The summed E-state index contributed by atoms with van der Waals surface area (Å²) in [6.07, 6.45) is 2.69. The van der Waals surface area contributed by atoms with Crippen LogP contribution < -0.4 is 15.4 Å². The number of ether oxygens (including phenoxy) is 1. The number of nitrogens with zero attached hydrogens (tertiary/aromatic N) is 2. The van der Waals surface area contributed by atoms with Gasteiger partial charge in [-0.2, -0.15) is 0 Å². The van der Waals surface area contributed by atoms with Crippen LogP contribution in [-0.4, -0.2) is 56.7 Å². The molecule has 168 valence electrons. The zero-order valence-corrected chi connectivity index (χ0v) is 20.6. The summed E-state index contributed by atoms with van der Waals surface area (Å²) in [6.45, 7) is 2.80. The summed E-state index contributed by atoms with van der Waals surface area (Å²) >= 11 is 0. The highest BCUT2D eigenvalue weighted by molar-refractivity contribution is 14.0. The van der Waals surface area contributed by atoms with Crippen LogP contribution in [0.4, 0.5) is 4.39 Å². The average Bonchev–Trinajstić information content (AvgIpc) is 3.13. The summed E-state index contributed by atoms with van der Waals surface area (Å²) in [4.78, 5) is 9.57. The van der Waals surface area contributed by atoms with Gasteiger partial charge in [-0.1, -0.05) is 18.2 Å². The van der Waals surface area contributed by atoms with Crippen molar-refractivity contribution >= 4 is 40.8 Å². The lowest BCUT2D eigenvalue weighted by molar-refractivity contribution is 0.259. The van der Waals surface area contributed by atoms with Crippen LogP contribution in [0.5, 0.6) is 5.75 Å². The molecule has 0 fully saturated rings. The van der Waals surface area contributed by atoms with E-state index in [1.54, 1.807) is 19.2 Å². The van der Waals surface area contributed by atoms with Crippen LogP contribution in [0, 0.1) is 5.82 Å². The first kappa shape index (κ1) is 24.9. The van der Waals surface area contributed by atoms with E-state index >= 15 is 0 Å². The molecule has 3 N–H and O–H groups in total. The number of rotatable bonds is 9. The van der Waals surface area contributed by atoms with Crippen molar-refractivity contribution in [2.75, 3.05) is 40.8 Å². The van der Waals surface area contributed by atoms with Gasteiger partial charge in [0, 0.05) is 49.3 Å². The summed E-state index contributed by atoms with van der Waals surface area (Å²) in [6, 6.07) is 12.8. The van der Waals surface area contributed by atoms with Crippen molar-refractivity contribution in [3.8, 4) is 5.75 Å². The minimum atomic E-state index is -0.222. The smallest absolute Gasteiger partial charge is 0.191 e. The van der Waals surface area contributed by atoms with Crippen molar-refractivity contribution in [3.63, 3.8) is 0 Å². The van der Waals surface area contributed by atoms with Crippen LogP contribution in [0.3, 0.4) is 0 Å². The minimum Gasteiger partial charge on any atom is -0.492 e. The van der Waals surface area contributed by atoms with Gasteiger partial charge in [0.25, 0.3) is 0 Å². The Labute approximate surface area is 200 Å². The van der Waals surface area contributed by atoms with E-state index in [2.05, 4.69) is 25.5 Å². The summed E-state index contributed by atoms with van der Waals surface area (Å²) in [5.41, 5.74) is 3.10. The Hall–Kier alpha value is -2.33. The molecule has 0 aliphatic heterocycles. The predicted molar refractivity (Wildman–Crippen MR) is 136 cm³/mol. The number of hydrogen-bond donors (Lipinski definition) is 3. The van der Waals surface area contributed by atoms with Gasteiger partial charge in [0.1, 0.15) is 18.2 Å². The molecule has 3 rings (SSSR count). The number of likely N-dealkylation sites (N-methyl/N-ethyl adjacent to an activating group) is 1. The van der Waals surface area contributed by atoms with Crippen LogP contribution in [0.2, 0.25) is 0 Å². The molecule has 6 nitrogen and oxygen atoms in total. The molecular formula is C23H31FIN5O. The number of aromatic nitrogens is 1. The number of halogens is 2. The second-order valence-corrected chi connectivity index (χ2v) is 7.37. The monoisotopic (exact) mass is 539 g/mol. The summed E-state index contributed by atoms with van der Waals surface area (Å²) < 4.78 is 19.5. The number of H-pyrrole nitrogens is 1. The first-order valence-corrected chi connectivity index (χ1v) is 10.1. The Bertz CT molecular complexity index is 989. The summed E-state index contributed by atoms with van der Waals surface area (Å²) in [7, 11) is 5.80. The summed E-state index contributed by atoms with van der Waals surface area (Å²) in [5.74, 6) is 1.37. The second-order valence-electron chi connectivity index (χ2n) is 7.37. The van der Waals surface area contributed by atoms with E-state index in [0.717, 1.165) is 40.7 Å². The molecule has 0 spiro atoms. The van der Waals surface area contributed by atoms with Crippen molar-refractivity contribution in [3.05, 3.63) is 65.6 Å². The molecule has 0 atom stereocenters. The van der Waals surface area contributed by atoms with Gasteiger partial charge in [0.2, 0.25) is 0 Å². The quantitative estimate of drug-likeness (QED) is 0.220. The number of guanidine groups is 1. The third-order valence-corrected chi connectivity index (χ3v) is 4.85. The van der Waals surface area contributed by atoms with Crippen molar-refractivity contribution in [1.82, 2.24) is 20.5 Å². The van der Waals surface area contributed by atoms with Crippen molar-refractivity contribution in [2.24, 2.45) is 4.99 Å². The van der Waals surface area contributed by atoms with Gasteiger partial charge in [0.15, 0.2) is 5.96 Å². The van der Waals surface area contributed by atoms with Crippen molar-refractivity contribution < 1.29 is 9.13 Å². The molecule has 0 unspecified atom stereocenters. The minimum absolute atomic E-state index is 0. The molecule has 0 radical (unpaired) electrons. The van der Waals surface area contributed by atoms with Crippen LogP contribution in [0.1, 0.15) is 11.1 Å². The zero-order valence-electron chi connectivity index (χ0n) is 18.2. The third kappa shape index (κ3) is 7.39. The van der Waals surface area contributed by atoms with Crippen molar-refractivity contribution in [1.29, 1.82) is 0 Å². The van der Waals surface area contributed by atoms with E-state index in [0.29, 0.717) is 25.7 Å². The fraction of sp³-hybridized carbons (Fsp3) is 0.348. The Kier molecular flexibility index (Phi) is 10.1. The van der Waals surface area contributed by atoms with Crippen LogP contribution >= 0.6 is 24.0 Å². The highest BCUT2D eigenvalue weighted by Gasteiger charge is 2.07. The number of benzene rings is 2. The Morgan fingerprint density at radius 2 is 1.94 bits per heavy atom. The number of fused-ring (bicyclic) bond motifs is 1. The lowest BCUT2D eigenvalue weighted by atomic mass is 10.1. The number of aromatic amines is 1. The third-order valence-electron chi connectivity index (χ3n) is 4.85. The van der Waals surface area contributed by atoms with E-state index in [1.807, 2.05) is 44.6 Å². The SMILES string of the molecule is CN=C(NCCc1c[nH]c2ccc(F)cc12)NCc1ccccc1OCCN(C)C.I. The fourth-order valence-electron chi connectivity index (χ4n) is 3.20. The van der Waals surface area contributed by atoms with Gasteiger partial charge < -0.3 is 25.3 Å². The van der Waals surface area contributed by atoms with E-state index in [4.69, 9.17) is 4.74 Å². The Morgan fingerprint density at radius 1 is 1.13 bits per heavy atom. The Balaban J connectivity index is 0.00000341. The standard InChI is InChI=1S/C23H30FN5O.HI/c1-25-23(26-11-10-17-15-27-21-9-8-19(24)14-20(17)21)28-16-18-6-4-5-7-22(18)30-13-12-29(2)3;/h4-9,14-15,27H,10-13,16H2,1-3H3,(H2,25,26,28);1H. The van der Waals surface area contributed by atoms with Crippen LogP contribution in [0.15, 0.2) is 53.7 Å². The Morgan fingerprint density at radius 3 is 2.71 bits per heavy atom. The maximum Gasteiger partial charge on any atom is 0.191 e. The first-order valence-electron chi connectivity index (χ1n) is 10.1. The molecule has 3 aromatic rings. The van der Waals surface area contributed by atoms with Gasteiger partial charge in [-0.25, -0.2) is 4.39 Å². The molecule has 0 aliphatic rings. The molecule has 2 aromatic carbocycles. The molecule has 0 bridgehead atoms. The van der Waals surface area contributed by atoms with E-state index < -0.39 is 0 Å². The maximum absolute atomic E-state index is 13.5. The average molecular weight is 539 g/mol. The van der Waals surface area contributed by atoms with Crippen LogP contribution in [-0.2, 0) is 13.0 Å². The van der Waals surface area contributed by atoms with Gasteiger partial charge in [0.05, 0.1) is 0 Å². The van der Waals surface area contributed by atoms with Crippen LogP contribution in [0.25, 0.3) is 10.9 Å². The highest BCUT2D eigenvalue weighted by Crippen LogP contribution is 2.20. The number of hydrogen-bond acceptors (Lipinski definition) is 3. The normalized spacial score (nSPS) is 11.5. The maximum atomic E-state index is 13.5. The van der Waals surface area contributed by atoms with Gasteiger partial charge in [-0.15, -0.1) is 24.0 Å².